The largest absolute Gasteiger partial charge is 0.321 e. The van der Waals surface area contributed by atoms with E-state index in [0.29, 0.717) is 12.2 Å². The number of fused-ring (bicyclic) bond motifs is 1. The van der Waals surface area contributed by atoms with Crippen molar-refractivity contribution in [3.05, 3.63) is 29.8 Å². The molecule has 0 amide bonds. The van der Waals surface area contributed by atoms with E-state index >= 15 is 0 Å². The molecular formula is C9H10ClNO2S. The Labute approximate surface area is 87.8 Å². The van der Waals surface area contributed by atoms with E-state index in [1.165, 1.54) is 4.31 Å². The average Bonchev–Trinajstić information content (AvgIpc) is 2.44. The van der Waals surface area contributed by atoms with Gasteiger partial charge in [0.1, 0.15) is 0 Å². The zero-order valence-corrected chi connectivity index (χ0v) is 9.22. The molecule has 0 saturated heterocycles. The lowest BCUT2D eigenvalue weighted by atomic mass is 10.0. The molecule has 1 atom stereocenters. The Morgan fingerprint density at radius 2 is 2.07 bits per heavy atom. The van der Waals surface area contributed by atoms with Crippen molar-refractivity contribution in [2.75, 3.05) is 10.8 Å². The van der Waals surface area contributed by atoms with Crippen LogP contribution in [0.2, 0.25) is 0 Å². The summed E-state index contributed by atoms with van der Waals surface area (Å²) in [6, 6.07) is 7.42. The maximum Gasteiger partial charge on any atom is 0.321 e. The van der Waals surface area contributed by atoms with Crippen molar-refractivity contribution in [2.45, 2.75) is 12.8 Å². The molecule has 3 nitrogen and oxygen atoms in total. The molecule has 2 rings (SSSR count). The van der Waals surface area contributed by atoms with Crippen LogP contribution in [0, 0.1) is 0 Å². The number of para-hydroxylation sites is 1. The Morgan fingerprint density at radius 3 is 2.71 bits per heavy atom. The SMILES string of the molecule is CC1CN(S(=O)(=O)Cl)c2ccccc21. The number of nitrogens with zero attached hydrogens (tertiary/aromatic N) is 1. The molecule has 0 aromatic heterocycles. The third-order valence-corrected chi connectivity index (χ3v) is 3.81. The highest BCUT2D eigenvalue weighted by molar-refractivity contribution is 8.14. The molecule has 0 bridgehead atoms. The maximum atomic E-state index is 11.2. The minimum atomic E-state index is -3.64. The van der Waals surface area contributed by atoms with Crippen LogP contribution in [0.4, 0.5) is 5.69 Å². The molecule has 1 heterocycles. The van der Waals surface area contributed by atoms with Crippen molar-refractivity contribution < 1.29 is 8.42 Å². The summed E-state index contributed by atoms with van der Waals surface area (Å²) in [7, 11) is 1.69. The Hall–Kier alpha value is -0.740. The Bertz CT molecular complexity index is 458. The summed E-state index contributed by atoms with van der Waals surface area (Å²) < 4.78 is 23.7. The van der Waals surface area contributed by atoms with E-state index in [-0.39, 0.29) is 5.92 Å². The molecule has 14 heavy (non-hydrogen) atoms. The number of hydrogen-bond acceptors (Lipinski definition) is 2. The summed E-state index contributed by atoms with van der Waals surface area (Å²) in [5, 5.41) is 0. The lowest BCUT2D eigenvalue weighted by molar-refractivity contribution is 0.604. The van der Waals surface area contributed by atoms with Crippen LogP contribution in [0.5, 0.6) is 0 Å². The van der Waals surface area contributed by atoms with Gasteiger partial charge >= 0.3 is 9.24 Å². The quantitative estimate of drug-likeness (QED) is 0.694. The molecule has 1 aromatic rings. The van der Waals surface area contributed by atoms with Gasteiger partial charge in [-0.25, -0.2) is 0 Å². The highest BCUT2D eigenvalue weighted by Crippen LogP contribution is 2.37. The van der Waals surface area contributed by atoms with Crippen molar-refractivity contribution in [3.8, 4) is 0 Å². The zero-order chi connectivity index (χ0) is 10.3. The summed E-state index contributed by atoms with van der Waals surface area (Å²) in [4.78, 5) is 0. The van der Waals surface area contributed by atoms with Gasteiger partial charge in [0.15, 0.2) is 0 Å². The summed E-state index contributed by atoms with van der Waals surface area (Å²) in [5.41, 5.74) is 1.74. The van der Waals surface area contributed by atoms with Crippen molar-refractivity contribution >= 4 is 25.6 Å². The summed E-state index contributed by atoms with van der Waals surface area (Å²) in [5.74, 6) is 0.208. The first-order valence-corrected chi connectivity index (χ1v) is 6.58. The molecular weight excluding hydrogens is 222 g/mol. The zero-order valence-electron chi connectivity index (χ0n) is 7.64. The highest BCUT2D eigenvalue weighted by Gasteiger charge is 2.31. The number of hydrogen-bond donors (Lipinski definition) is 0. The van der Waals surface area contributed by atoms with Crippen LogP contribution < -0.4 is 4.31 Å². The smallest absolute Gasteiger partial charge is 0.257 e. The van der Waals surface area contributed by atoms with Gasteiger partial charge in [-0.15, -0.1) is 0 Å². The molecule has 5 heteroatoms. The standard InChI is InChI=1S/C9H10ClNO2S/c1-7-6-11(14(10,12)13)9-5-3-2-4-8(7)9/h2-5,7H,6H2,1H3. The molecule has 0 fully saturated rings. The van der Waals surface area contributed by atoms with Crippen LogP contribution in [-0.4, -0.2) is 15.0 Å². The van der Waals surface area contributed by atoms with Crippen LogP contribution in [0.15, 0.2) is 24.3 Å². The van der Waals surface area contributed by atoms with Gasteiger partial charge in [-0.1, -0.05) is 25.1 Å². The molecule has 76 valence electrons. The molecule has 0 spiro atoms. The van der Waals surface area contributed by atoms with Gasteiger partial charge in [0, 0.05) is 23.1 Å². The van der Waals surface area contributed by atoms with Crippen LogP contribution in [0.25, 0.3) is 0 Å². The van der Waals surface area contributed by atoms with Crippen LogP contribution in [-0.2, 0) is 9.24 Å². The minimum absolute atomic E-state index is 0.208. The van der Waals surface area contributed by atoms with Crippen LogP contribution >= 0.6 is 10.7 Å². The molecule has 1 aromatic carbocycles. The number of halogens is 1. The van der Waals surface area contributed by atoms with E-state index in [1.807, 2.05) is 25.1 Å². The van der Waals surface area contributed by atoms with Gasteiger partial charge in [-0.05, 0) is 11.6 Å². The summed E-state index contributed by atoms with van der Waals surface area (Å²) in [6.45, 7) is 2.42. The van der Waals surface area contributed by atoms with Crippen molar-refractivity contribution in [1.29, 1.82) is 0 Å². The van der Waals surface area contributed by atoms with Gasteiger partial charge in [0.05, 0.1) is 5.69 Å². The Kier molecular flexibility index (Phi) is 2.20. The fourth-order valence-corrected chi connectivity index (χ4v) is 2.98. The fraction of sp³-hybridized carbons (Fsp3) is 0.333. The van der Waals surface area contributed by atoms with Gasteiger partial charge < -0.3 is 0 Å². The third kappa shape index (κ3) is 1.48. The lowest BCUT2D eigenvalue weighted by Crippen LogP contribution is -2.24. The fourth-order valence-electron chi connectivity index (χ4n) is 1.78. The highest BCUT2D eigenvalue weighted by atomic mass is 35.7. The van der Waals surface area contributed by atoms with E-state index in [0.717, 1.165) is 5.56 Å². The van der Waals surface area contributed by atoms with E-state index in [9.17, 15) is 8.42 Å². The van der Waals surface area contributed by atoms with Gasteiger partial charge in [0.25, 0.3) is 0 Å². The van der Waals surface area contributed by atoms with E-state index in [4.69, 9.17) is 10.7 Å². The third-order valence-electron chi connectivity index (χ3n) is 2.44. The Balaban J connectivity index is 2.55. The van der Waals surface area contributed by atoms with E-state index in [2.05, 4.69) is 0 Å². The van der Waals surface area contributed by atoms with E-state index in [1.54, 1.807) is 6.07 Å². The first kappa shape index (κ1) is 9.80. The van der Waals surface area contributed by atoms with Crippen LogP contribution in [0.3, 0.4) is 0 Å². The van der Waals surface area contributed by atoms with Gasteiger partial charge in [-0.2, -0.15) is 8.42 Å². The molecule has 1 unspecified atom stereocenters. The van der Waals surface area contributed by atoms with Crippen molar-refractivity contribution in [1.82, 2.24) is 0 Å². The van der Waals surface area contributed by atoms with E-state index < -0.39 is 9.24 Å². The predicted octanol–water partition coefficient (Wildman–Crippen LogP) is 2.09. The van der Waals surface area contributed by atoms with Crippen LogP contribution in [0.1, 0.15) is 18.4 Å². The molecule has 1 aliphatic rings. The van der Waals surface area contributed by atoms with Crippen molar-refractivity contribution in [3.63, 3.8) is 0 Å². The topological polar surface area (TPSA) is 37.4 Å². The minimum Gasteiger partial charge on any atom is -0.257 e. The predicted molar refractivity (Wildman–Crippen MR) is 57.0 cm³/mol. The Morgan fingerprint density at radius 1 is 1.43 bits per heavy atom. The second-order valence-electron chi connectivity index (χ2n) is 3.43. The first-order chi connectivity index (χ1) is 6.50. The number of benzene rings is 1. The van der Waals surface area contributed by atoms with Gasteiger partial charge in [0.2, 0.25) is 0 Å². The van der Waals surface area contributed by atoms with Gasteiger partial charge in [-0.3, -0.25) is 4.31 Å². The first-order valence-electron chi connectivity index (χ1n) is 4.31. The van der Waals surface area contributed by atoms with Crippen molar-refractivity contribution in [2.24, 2.45) is 0 Å². The molecule has 1 aliphatic heterocycles. The second kappa shape index (κ2) is 3.14. The summed E-state index contributed by atoms with van der Waals surface area (Å²) in [6.07, 6.45) is 0. The summed E-state index contributed by atoms with van der Waals surface area (Å²) >= 11 is 0. The second-order valence-corrected chi connectivity index (χ2v) is 5.87. The molecule has 0 saturated carbocycles. The number of rotatable bonds is 1. The monoisotopic (exact) mass is 231 g/mol. The maximum absolute atomic E-state index is 11.2. The molecule has 0 aliphatic carbocycles. The average molecular weight is 232 g/mol. The molecule has 0 radical (unpaired) electrons. The lowest BCUT2D eigenvalue weighted by Gasteiger charge is -2.14. The normalized spacial score (nSPS) is 21.0. The molecule has 0 N–H and O–H groups in total. The number of anilines is 1.